The van der Waals surface area contributed by atoms with Gasteiger partial charge in [0, 0.05) is 19.5 Å². The number of hydrogen-bond donors (Lipinski definition) is 2. The van der Waals surface area contributed by atoms with Crippen molar-refractivity contribution in [3.8, 4) is 5.69 Å². The summed E-state index contributed by atoms with van der Waals surface area (Å²) in [5, 5.41) is 18.8. The minimum Gasteiger partial charge on any atom is -0.480 e. The Morgan fingerprint density at radius 3 is 1.85 bits per heavy atom. The van der Waals surface area contributed by atoms with E-state index in [-0.39, 0.29) is 38.6 Å². The van der Waals surface area contributed by atoms with E-state index in [9.17, 15) is 19.5 Å². The molecule has 6 aromatic rings. The van der Waals surface area contributed by atoms with Crippen molar-refractivity contribution in [3.63, 3.8) is 0 Å². The third kappa shape index (κ3) is 9.51. The molecule has 11 nitrogen and oxygen atoms in total. The van der Waals surface area contributed by atoms with Gasteiger partial charge in [0.2, 0.25) is 11.0 Å². The number of carboxylic acids is 1. The van der Waals surface area contributed by atoms with Gasteiger partial charge in [-0.1, -0.05) is 133 Å². The Morgan fingerprint density at radius 2 is 1.30 bits per heavy atom. The monoisotopic (exact) mass is 758 g/mol. The lowest BCUT2D eigenvalue weighted by molar-refractivity contribution is -0.152. The number of nitrogens with zero attached hydrogens (tertiary/aromatic N) is 5. The van der Waals surface area contributed by atoms with Crippen LogP contribution in [0, 0.1) is 3.95 Å². The summed E-state index contributed by atoms with van der Waals surface area (Å²) in [7, 11) is 0. The standard InChI is InChI=1S/C41H38N6O5S2/c42-26-37(48)45(34-21-11-4-12-22-34)39-43-46(41(53)54-39)35-23-13-20-33(24-35)25-36(38(49)50)47(40(51)52-29-32-18-9-3-10-19-32)44(27-30-14-5-1-6-15-30)28-31-16-7-2-8-17-31/h1-24,36H,25-29,42H2,(H,49,50)/t36-/m0/s1. The Bertz CT molecular complexity index is 2180. The minimum atomic E-state index is -1.37. The zero-order valence-corrected chi connectivity index (χ0v) is 30.8. The molecule has 13 heteroatoms. The SMILES string of the molecule is NCC(=O)N(c1ccccc1)c1nn(-c2cccc(C[C@@H](C(=O)O)N(C(=O)OCc3ccccc3)N(Cc3ccccc3)Cc3ccccc3)c2)c(=S)s1. The Kier molecular flexibility index (Phi) is 12.7. The molecule has 1 heterocycles. The highest BCUT2D eigenvalue weighted by Crippen LogP contribution is 2.30. The van der Waals surface area contributed by atoms with Crippen LogP contribution in [0.2, 0.25) is 0 Å². The van der Waals surface area contributed by atoms with E-state index in [1.165, 1.54) is 14.6 Å². The average molecular weight is 759 g/mol. The number of carboxylic acid groups (broad SMARTS) is 1. The summed E-state index contributed by atoms with van der Waals surface area (Å²) in [5.41, 5.74) is 10.0. The number of carbonyl (C=O) groups excluding carboxylic acids is 2. The summed E-state index contributed by atoms with van der Waals surface area (Å²) >= 11 is 6.85. The molecular formula is C41H38N6O5S2. The van der Waals surface area contributed by atoms with Gasteiger partial charge in [-0.2, -0.15) is 0 Å². The number of para-hydroxylation sites is 1. The summed E-state index contributed by atoms with van der Waals surface area (Å²) in [6.45, 7) is 0.190. The molecule has 0 radical (unpaired) electrons. The Morgan fingerprint density at radius 1 is 0.759 bits per heavy atom. The molecule has 6 rings (SSSR count). The largest absolute Gasteiger partial charge is 0.480 e. The van der Waals surface area contributed by atoms with Crippen molar-refractivity contribution in [3.05, 3.63) is 172 Å². The van der Waals surface area contributed by atoms with Crippen molar-refractivity contribution in [2.75, 3.05) is 11.4 Å². The van der Waals surface area contributed by atoms with Gasteiger partial charge >= 0.3 is 12.1 Å². The molecule has 274 valence electrons. The van der Waals surface area contributed by atoms with Gasteiger partial charge in [-0.25, -0.2) is 24.3 Å². The average Bonchev–Trinajstić information content (AvgIpc) is 3.58. The number of aliphatic carboxylic acids is 1. The molecule has 0 unspecified atom stereocenters. The zero-order valence-electron chi connectivity index (χ0n) is 29.2. The molecule has 0 fully saturated rings. The fourth-order valence-corrected chi connectivity index (χ4v) is 7.07. The van der Waals surface area contributed by atoms with E-state index in [4.69, 9.17) is 27.8 Å². The van der Waals surface area contributed by atoms with Crippen molar-refractivity contribution in [1.82, 2.24) is 19.8 Å². The highest BCUT2D eigenvalue weighted by Gasteiger charge is 2.36. The first-order valence-electron chi connectivity index (χ1n) is 17.1. The summed E-state index contributed by atoms with van der Waals surface area (Å²) in [4.78, 5) is 41.9. The molecule has 0 saturated carbocycles. The lowest BCUT2D eigenvalue weighted by Crippen LogP contribution is -2.55. The maximum absolute atomic E-state index is 14.2. The van der Waals surface area contributed by atoms with Gasteiger partial charge in [-0.05, 0) is 58.7 Å². The maximum Gasteiger partial charge on any atom is 0.425 e. The molecule has 2 amide bonds. The van der Waals surface area contributed by atoms with Crippen molar-refractivity contribution in [2.24, 2.45) is 5.73 Å². The number of ether oxygens (including phenoxy) is 1. The van der Waals surface area contributed by atoms with Gasteiger partial charge in [0.05, 0.1) is 17.9 Å². The van der Waals surface area contributed by atoms with E-state index in [1.54, 1.807) is 41.4 Å². The second-order valence-corrected chi connectivity index (χ2v) is 13.8. The van der Waals surface area contributed by atoms with Crippen molar-refractivity contribution in [2.45, 2.75) is 32.2 Å². The number of anilines is 2. The summed E-state index contributed by atoms with van der Waals surface area (Å²) in [5.74, 6) is -1.57. The first-order valence-corrected chi connectivity index (χ1v) is 18.4. The van der Waals surface area contributed by atoms with E-state index in [0.29, 0.717) is 26.0 Å². The Hall–Kier alpha value is -5.99. The molecule has 0 bridgehead atoms. The van der Waals surface area contributed by atoms with Gasteiger partial charge in [-0.15, -0.1) is 5.10 Å². The topological polar surface area (TPSA) is 134 Å². The van der Waals surface area contributed by atoms with E-state index in [0.717, 1.165) is 28.0 Å². The van der Waals surface area contributed by atoms with Crippen LogP contribution in [0.25, 0.3) is 5.69 Å². The molecule has 0 saturated heterocycles. The van der Waals surface area contributed by atoms with Crippen molar-refractivity contribution >= 4 is 52.3 Å². The number of rotatable bonds is 15. The second kappa shape index (κ2) is 18.2. The van der Waals surface area contributed by atoms with Crippen LogP contribution >= 0.6 is 23.6 Å². The predicted octanol–water partition coefficient (Wildman–Crippen LogP) is 7.54. The number of hydrogen-bond acceptors (Lipinski definition) is 9. The smallest absolute Gasteiger partial charge is 0.425 e. The predicted molar refractivity (Wildman–Crippen MR) is 211 cm³/mol. The van der Waals surface area contributed by atoms with E-state index in [2.05, 4.69) is 0 Å². The Balaban J connectivity index is 1.35. The van der Waals surface area contributed by atoms with Gasteiger partial charge < -0.3 is 15.6 Å². The molecule has 0 spiro atoms. The third-order valence-electron chi connectivity index (χ3n) is 8.44. The molecular weight excluding hydrogens is 721 g/mol. The number of carbonyl (C=O) groups is 3. The van der Waals surface area contributed by atoms with Crippen molar-refractivity contribution < 1.29 is 24.2 Å². The zero-order chi connectivity index (χ0) is 37.9. The van der Waals surface area contributed by atoms with E-state index < -0.39 is 18.1 Å². The van der Waals surface area contributed by atoms with Gasteiger partial charge in [0.15, 0.2) is 10.00 Å². The number of benzene rings is 5. The number of aromatic nitrogens is 2. The maximum atomic E-state index is 14.2. The van der Waals surface area contributed by atoms with Gasteiger partial charge in [0.25, 0.3) is 0 Å². The lowest BCUT2D eigenvalue weighted by Gasteiger charge is -2.38. The Labute approximate surface area is 322 Å². The summed E-state index contributed by atoms with van der Waals surface area (Å²) in [6.07, 6.45) is -0.873. The normalized spacial score (nSPS) is 11.5. The van der Waals surface area contributed by atoms with Crippen LogP contribution in [0.4, 0.5) is 15.6 Å². The van der Waals surface area contributed by atoms with Gasteiger partial charge in [-0.3, -0.25) is 9.69 Å². The molecule has 0 aliphatic rings. The van der Waals surface area contributed by atoms with E-state index >= 15 is 0 Å². The minimum absolute atomic E-state index is 0.0421. The van der Waals surface area contributed by atoms with Gasteiger partial charge in [0.1, 0.15) is 6.61 Å². The van der Waals surface area contributed by atoms with Crippen LogP contribution in [0.15, 0.2) is 146 Å². The molecule has 0 aliphatic carbocycles. The second-order valence-electron chi connectivity index (χ2n) is 12.2. The number of amides is 2. The highest BCUT2D eigenvalue weighted by atomic mass is 32.1. The van der Waals surface area contributed by atoms with Crippen LogP contribution in [-0.2, 0) is 40.4 Å². The summed E-state index contributed by atoms with van der Waals surface area (Å²) < 4.78 is 7.72. The van der Waals surface area contributed by atoms with Crippen LogP contribution < -0.4 is 10.6 Å². The van der Waals surface area contributed by atoms with Crippen LogP contribution in [0.1, 0.15) is 22.3 Å². The molecule has 54 heavy (non-hydrogen) atoms. The first kappa shape index (κ1) is 37.8. The fourth-order valence-electron chi connectivity index (χ4n) is 5.89. The highest BCUT2D eigenvalue weighted by molar-refractivity contribution is 7.73. The molecule has 5 aromatic carbocycles. The molecule has 1 aromatic heterocycles. The fraction of sp³-hybridized carbons (Fsp3) is 0.146. The molecule has 0 aliphatic heterocycles. The summed E-state index contributed by atoms with van der Waals surface area (Å²) in [6, 6.07) is 43.1. The molecule has 3 N–H and O–H groups in total. The van der Waals surface area contributed by atoms with E-state index in [1.807, 2.05) is 109 Å². The number of hydrazine groups is 1. The lowest BCUT2D eigenvalue weighted by atomic mass is 10.0. The quantitative estimate of drug-likeness (QED) is 0.0805. The van der Waals surface area contributed by atoms with Crippen LogP contribution in [-0.4, -0.2) is 55.5 Å². The third-order valence-corrected chi connectivity index (χ3v) is 9.66. The number of nitrogens with two attached hydrogens (primary N) is 1. The van der Waals surface area contributed by atoms with Crippen LogP contribution in [0.5, 0.6) is 0 Å². The first-order chi connectivity index (χ1) is 26.3. The van der Waals surface area contributed by atoms with Crippen LogP contribution in [0.3, 0.4) is 0 Å². The molecule has 1 atom stereocenters. The van der Waals surface area contributed by atoms with Crippen molar-refractivity contribution in [1.29, 1.82) is 0 Å².